The average molecular weight is 289 g/mol. The molecule has 0 aromatic carbocycles. The molecule has 2 rings (SSSR count). The minimum Gasteiger partial charge on any atom is -0.366 e. The Morgan fingerprint density at radius 2 is 1.90 bits per heavy atom. The fraction of sp³-hybridized carbons (Fsp3) is 0.500. The van der Waals surface area contributed by atoms with Crippen molar-refractivity contribution in [3.8, 4) is 0 Å². The van der Waals surface area contributed by atoms with Crippen molar-refractivity contribution in [3.05, 3.63) is 29.3 Å². The smallest absolute Gasteiger partial charge is 0.145 e. The van der Waals surface area contributed by atoms with E-state index in [4.69, 9.17) is 5.84 Å². The zero-order chi connectivity index (χ0) is 15.6. The van der Waals surface area contributed by atoms with E-state index in [0.717, 1.165) is 22.9 Å². The number of aryl methyl sites for hydroxylation is 2. The lowest BCUT2D eigenvalue weighted by atomic mass is 9.96. The van der Waals surface area contributed by atoms with Gasteiger partial charge < -0.3 is 10.7 Å². The fourth-order valence-corrected chi connectivity index (χ4v) is 1.96. The zero-order valence-corrected chi connectivity index (χ0v) is 13.2. The highest BCUT2D eigenvalue weighted by Gasteiger charge is 2.19. The quantitative estimate of drug-likeness (QED) is 0.586. The van der Waals surface area contributed by atoms with Gasteiger partial charge in [0.25, 0.3) is 0 Å². The second kappa shape index (κ2) is 5.69. The van der Waals surface area contributed by atoms with Crippen LogP contribution in [0.25, 0.3) is 0 Å². The molecule has 0 saturated carbocycles. The second-order valence-corrected chi connectivity index (χ2v) is 6.12. The average Bonchev–Trinajstić information content (AvgIpc) is 2.73. The number of nitrogens with one attached hydrogen (secondary N) is 2. The molecule has 0 aliphatic heterocycles. The van der Waals surface area contributed by atoms with Gasteiger partial charge in [-0.3, -0.25) is 4.68 Å². The molecule has 0 fully saturated rings. The Kier molecular flexibility index (Phi) is 4.13. The van der Waals surface area contributed by atoms with Crippen molar-refractivity contribution in [1.29, 1.82) is 0 Å². The molecule has 0 bridgehead atoms. The van der Waals surface area contributed by atoms with Gasteiger partial charge >= 0.3 is 0 Å². The van der Waals surface area contributed by atoms with Gasteiger partial charge in [0, 0.05) is 36.8 Å². The van der Waals surface area contributed by atoms with Gasteiger partial charge in [0.2, 0.25) is 0 Å². The van der Waals surface area contributed by atoms with Crippen LogP contribution in [0.5, 0.6) is 0 Å². The Balaban J connectivity index is 2.21. The van der Waals surface area contributed by atoms with E-state index in [1.54, 1.807) is 10.7 Å². The molecule has 0 unspecified atom stereocenters. The molecule has 0 radical (unpaired) electrons. The van der Waals surface area contributed by atoms with Crippen LogP contribution in [0.2, 0.25) is 0 Å². The lowest BCUT2D eigenvalue weighted by Gasteiger charge is -2.18. The summed E-state index contributed by atoms with van der Waals surface area (Å²) in [5.74, 6) is 7.56. The van der Waals surface area contributed by atoms with E-state index >= 15 is 0 Å². The summed E-state index contributed by atoms with van der Waals surface area (Å²) < 4.78 is 1.81. The van der Waals surface area contributed by atoms with Gasteiger partial charge in [0.15, 0.2) is 0 Å². The lowest BCUT2D eigenvalue weighted by molar-refractivity contribution is 0.546. The molecule has 0 aliphatic carbocycles. The maximum atomic E-state index is 5.48. The van der Waals surface area contributed by atoms with Gasteiger partial charge in [-0.2, -0.15) is 5.10 Å². The van der Waals surface area contributed by atoms with Gasteiger partial charge in [-0.15, -0.1) is 0 Å². The van der Waals surface area contributed by atoms with E-state index in [2.05, 4.69) is 46.6 Å². The highest BCUT2D eigenvalue weighted by atomic mass is 15.3. The first-order valence-corrected chi connectivity index (χ1v) is 6.89. The van der Waals surface area contributed by atoms with E-state index in [1.807, 2.05) is 20.2 Å². The summed E-state index contributed by atoms with van der Waals surface area (Å²) in [6, 6.07) is 1.79. The molecular weight excluding hydrogens is 266 g/mol. The Morgan fingerprint density at radius 3 is 2.43 bits per heavy atom. The summed E-state index contributed by atoms with van der Waals surface area (Å²) in [5.41, 5.74) is 4.58. The van der Waals surface area contributed by atoms with Crippen molar-refractivity contribution in [1.82, 2.24) is 19.7 Å². The van der Waals surface area contributed by atoms with Gasteiger partial charge in [-0.1, -0.05) is 20.8 Å². The van der Waals surface area contributed by atoms with Crippen molar-refractivity contribution in [2.45, 2.75) is 39.7 Å². The van der Waals surface area contributed by atoms with Crippen LogP contribution in [0, 0.1) is 6.92 Å². The van der Waals surface area contributed by atoms with Gasteiger partial charge in [0.05, 0.1) is 5.69 Å². The summed E-state index contributed by atoms with van der Waals surface area (Å²) in [7, 11) is 1.91. The van der Waals surface area contributed by atoms with Crippen molar-refractivity contribution in [2.75, 3.05) is 10.7 Å². The maximum Gasteiger partial charge on any atom is 0.145 e. The summed E-state index contributed by atoms with van der Waals surface area (Å²) in [6.07, 6.45) is 2.00. The number of nitrogens with zero attached hydrogens (tertiary/aromatic N) is 4. The second-order valence-electron chi connectivity index (χ2n) is 6.12. The van der Waals surface area contributed by atoms with E-state index in [1.165, 1.54) is 0 Å². The van der Waals surface area contributed by atoms with Crippen LogP contribution in [0.3, 0.4) is 0 Å². The number of nitrogens with two attached hydrogens (primary N) is 1. The minimum atomic E-state index is -0.145. The van der Waals surface area contributed by atoms with E-state index in [-0.39, 0.29) is 5.41 Å². The highest BCUT2D eigenvalue weighted by Crippen LogP contribution is 2.22. The SMILES string of the molecule is Cc1nn(C)cc1CNc1cc(NN)nc(C(C)(C)C)n1. The van der Waals surface area contributed by atoms with Crippen LogP contribution < -0.4 is 16.6 Å². The normalized spacial score (nSPS) is 11.5. The standard InChI is InChI=1S/C14H23N7/c1-9-10(8-21(5)20-9)7-16-11-6-12(19-15)18-13(17-11)14(2,3)4/h6,8H,7,15H2,1-5H3,(H2,16,17,18,19). The molecule has 4 N–H and O–H groups in total. The summed E-state index contributed by atoms with van der Waals surface area (Å²) in [4.78, 5) is 8.96. The molecule has 0 aliphatic rings. The van der Waals surface area contributed by atoms with Crippen LogP contribution >= 0.6 is 0 Å². The molecule has 2 aromatic rings. The molecule has 114 valence electrons. The number of anilines is 2. The molecule has 21 heavy (non-hydrogen) atoms. The van der Waals surface area contributed by atoms with Crippen molar-refractivity contribution < 1.29 is 0 Å². The van der Waals surface area contributed by atoms with Crippen LogP contribution in [0.1, 0.15) is 37.9 Å². The van der Waals surface area contributed by atoms with E-state index in [9.17, 15) is 0 Å². The monoisotopic (exact) mass is 289 g/mol. The molecule has 0 atom stereocenters. The number of aromatic nitrogens is 4. The Bertz CT molecular complexity index is 625. The van der Waals surface area contributed by atoms with Crippen LogP contribution in [-0.2, 0) is 19.0 Å². The Labute approximate surface area is 124 Å². The number of hydrogen-bond donors (Lipinski definition) is 3. The van der Waals surface area contributed by atoms with Gasteiger partial charge in [-0.05, 0) is 6.92 Å². The Morgan fingerprint density at radius 1 is 1.24 bits per heavy atom. The van der Waals surface area contributed by atoms with Crippen molar-refractivity contribution in [2.24, 2.45) is 12.9 Å². The first-order chi connectivity index (χ1) is 9.79. The van der Waals surface area contributed by atoms with Crippen LogP contribution in [0.4, 0.5) is 11.6 Å². The number of hydrogen-bond acceptors (Lipinski definition) is 6. The zero-order valence-electron chi connectivity index (χ0n) is 13.2. The molecule has 2 aromatic heterocycles. The maximum absolute atomic E-state index is 5.48. The lowest BCUT2D eigenvalue weighted by Crippen LogP contribution is -2.20. The van der Waals surface area contributed by atoms with Gasteiger partial charge in [0.1, 0.15) is 17.5 Å². The molecule has 2 heterocycles. The van der Waals surface area contributed by atoms with Crippen molar-refractivity contribution in [3.63, 3.8) is 0 Å². The molecule has 0 amide bonds. The molecular formula is C14H23N7. The largest absolute Gasteiger partial charge is 0.366 e. The minimum absolute atomic E-state index is 0.145. The Hall–Kier alpha value is -2.15. The highest BCUT2D eigenvalue weighted by molar-refractivity contribution is 5.48. The van der Waals surface area contributed by atoms with Crippen LogP contribution in [0.15, 0.2) is 12.3 Å². The van der Waals surface area contributed by atoms with E-state index < -0.39 is 0 Å². The van der Waals surface area contributed by atoms with Gasteiger partial charge in [-0.25, -0.2) is 15.8 Å². The first-order valence-electron chi connectivity index (χ1n) is 6.89. The third-order valence-corrected chi connectivity index (χ3v) is 3.12. The summed E-state index contributed by atoms with van der Waals surface area (Å²) in [6.45, 7) is 8.85. The molecule has 0 saturated heterocycles. The summed E-state index contributed by atoms with van der Waals surface area (Å²) >= 11 is 0. The first kappa shape index (κ1) is 15.2. The molecule has 7 nitrogen and oxygen atoms in total. The third kappa shape index (κ3) is 3.69. The number of hydrazine groups is 1. The van der Waals surface area contributed by atoms with Crippen molar-refractivity contribution >= 4 is 11.6 Å². The predicted octanol–water partition coefficient (Wildman–Crippen LogP) is 1.71. The predicted molar refractivity (Wildman–Crippen MR) is 83.8 cm³/mol. The molecule has 0 spiro atoms. The van der Waals surface area contributed by atoms with Crippen LogP contribution in [-0.4, -0.2) is 19.7 Å². The third-order valence-electron chi connectivity index (χ3n) is 3.12. The number of nitrogen functional groups attached to an aromatic ring is 1. The number of rotatable bonds is 4. The fourth-order valence-electron chi connectivity index (χ4n) is 1.96. The topological polar surface area (TPSA) is 93.7 Å². The summed E-state index contributed by atoms with van der Waals surface area (Å²) in [5, 5.41) is 7.63. The molecule has 7 heteroatoms. The van der Waals surface area contributed by atoms with E-state index in [0.29, 0.717) is 12.4 Å².